The summed E-state index contributed by atoms with van der Waals surface area (Å²) in [6.07, 6.45) is -2.11. The lowest BCUT2D eigenvalue weighted by Crippen LogP contribution is -2.07. The number of carbonyl (C=O) groups is 1. The molecule has 1 unspecified atom stereocenters. The van der Waals surface area contributed by atoms with Crippen LogP contribution in [0.5, 0.6) is 0 Å². The third-order valence-corrected chi connectivity index (χ3v) is 2.92. The second-order valence-corrected chi connectivity index (χ2v) is 5.24. The van der Waals surface area contributed by atoms with E-state index < -0.39 is 16.1 Å². The van der Waals surface area contributed by atoms with Gasteiger partial charge < -0.3 is 5.11 Å². The molecule has 0 saturated heterocycles. The van der Waals surface area contributed by atoms with E-state index in [0.29, 0.717) is 0 Å². The highest BCUT2D eigenvalue weighted by molar-refractivity contribution is 9.11. The van der Waals surface area contributed by atoms with Crippen molar-refractivity contribution in [2.75, 3.05) is 0 Å². The van der Waals surface area contributed by atoms with E-state index in [1.54, 1.807) is 0 Å². The maximum Gasteiger partial charge on any atom is 0.422 e. The predicted molar refractivity (Wildman–Crippen MR) is 58.8 cm³/mol. The van der Waals surface area contributed by atoms with Gasteiger partial charge in [-0.2, -0.15) is 13.2 Å². The zero-order chi connectivity index (χ0) is 13.1. The zero-order valence-electron chi connectivity index (χ0n) is 8.61. The van der Waals surface area contributed by atoms with Crippen molar-refractivity contribution in [3.05, 3.63) is 10.6 Å². The molecule has 16 heavy (non-hydrogen) atoms. The summed E-state index contributed by atoms with van der Waals surface area (Å²) < 4.78 is 35.3. The first-order valence-electron chi connectivity index (χ1n) is 4.30. The lowest BCUT2D eigenvalue weighted by Gasteiger charge is -2.04. The van der Waals surface area contributed by atoms with Crippen LogP contribution in [-0.2, 0) is 0 Å². The maximum absolute atomic E-state index is 12.0. The lowest BCUT2D eigenvalue weighted by molar-refractivity contribution is -0.0831. The van der Waals surface area contributed by atoms with E-state index in [9.17, 15) is 13.2 Å². The Kier molecular flexibility index (Phi) is 5.32. The molecule has 0 heterocycles. The van der Waals surface area contributed by atoms with E-state index >= 15 is 0 Å². The van der Waals surface area contributed by atoms with Crippen LogP contribution in [0.1, 0.15) is 20.3 Å². The van der Waals surface area contributed by atoms with Gasteiger partial charge in [-0.3, -0.25) is 0 Å². The first kappa shape index (κ1) is 15.8. The van der Waals surface area contributed by atoms with E-state index in [-0.39, 0.29) is 11.3 Å². The first-order chi connectivity index (χ1) is 6.97. The average Bonchev–Trinajstić information content (AvgIpc) is 2.54. The SMILES string of the molecule is CC1(C)CC1C=C(Br)C(F)(F)F.O=C(O)Cl. The number of alkyl halides is 3. The monoisotopic (exact) mass is 322 g/mol. The van der Waals surface area contributed by atoms with E-state index in [2.05, 4.69) is 27.5 Å². The molecule has 1 fully saturated rings. The standard InChI is InChI=1S/C8H10BrF3.CHClO2/c1-7(2)4-5(7)3-6(9)8(10,11)12;2-1(3)4/h3,5H,4H2,1-2H3;(H,3,4). The van der Waals surface area contributed by atoms with Crippen LogP contribution < -0.4 is 0 Å². The zero-order valence-corrected chi connectivity index (χ0v) is 10.9. The van der Waals surface area contributed by atoms with Crippen molar-refractivity contribution in [3.8, 4) is 0 Å². The summed E-state index contributed by atoms with van der Waals surface area (Å²) in [5.74, 6) is 0.0773. The smallest absolute Gasteiger partial charge is 0.422 e. The quantitative estimate of drug-likeness (QED) is 0.705. The van der Waals surface area contributed by atoms with Crippen LogP contribution >= 0.6 is 27.5 Å². The number of rotatable bonds is 1. The van der Waals surface area contributed by atoms with E-state index in [1.165, 1.54) is 6.08 Å². The molecule has 1 atom stereocenters. The molecule has 0 spiro atoms. The van der Waals surface area contributed by atoms with Crippen LogP contribution in [0.2, 0.25) is 0 Å². The highest BCUT2D eigenvalue weighted by Gasteiger charge is 2.45. The van der Waals surface area contributed by atoms with Gasteiger partial charge in [0.05, 0.1) is 4.48 Å². The molecule has 0 aliphatic heterocycles. The van der Waals surface area contributed by atoms with Crippen molar-refractivity contribution in [1.29, 1.82) is 0 Å². The minimum Gasteiger partial charge on any atom is -0.469 e. The van der Waals surface area contributed by atoms with Crippen LogP contribution in [0.25, 0.3) is 0 Å². The van der Waals surface area contributed by atoms with Crippen LogP contribution in [0.15, 0.2) is 10.6 Å². The van der Waals surface area contributed by atoms with Crippen LogP contribution in [-0.4, -0.2) is 16.7 Å². The fourth-order valence-corrected chi connectivity index (χ4v) is 1.38. The molecule has 0 radical (unpaired) electrons. The highest BCUT2D eigenvalue weighted by atomic mass is 79.9. The molecular formula is C9H11BrClF3O2. The molecule has 1 aliphatic carbocycles. The van der Waals surface area contributed by atoms with Crippen molar-refractivity contribution >= 4 is 33.0 Å². The van der Waals surface area contributed by atoms with Crippen molar-refractivity contribution in [3.63, 3.8) is 0 Å². The molecular weight excluding hydrogens is 312 g/mol. The van der Waals surface area contributed by atoms with Gasteiger partial charge in [-0.05, 0) is 33.7 Å². The summed E-state index contributed by atoms with van der Waals surface area (Å²) in [4.78, 5) is 8.77. The molecule has 94 valence electrons. The lowest BCUT2D eigenvalue weighted by atomic mass is 10.1. The van der Waals surface area contributed by atoms with Crippen molar-refractivity contribution in [2.45, 2.75) is 26.4 Å². The summed E-state index contributed by atoms with van der Waals surface area (Å²) in [6.45, 7) is 3.93. The van der Waals surface area contributed by atoms with Gasteiger partial charge in [0.25, 0.3) is 0 Å². The number of carboxylic acid groups (broad SMARTS) is 1. The Bertz CT molecular complexity index is 296. The van der Waals surface area contributed by atoms with Gasteiger partial charge in [0.15, 0.2) is 0 Å². The molecule has 2 nitrogen and oxygen atoms in total. The molecule has 0 aromatic carbocycles. The Labute approximate surface area is 105 Å². The Morgan fingerprint density at radius 2 is 1.88 bits per heavy atom. The first-order valence-corrected chi connectivity index (χ1v) is 5.47. The van der Waals surface area contributed by atoms with Crippen LogP contribution in [0.3, 0.4) is 0 Å². The fraction of sp³-hybridized carbons (Fsp3) is 0.667. The Hall–Kier alpha value is -0.230. The third-order valence-electron chi connectivity index (χ3n) is 2.21. The summed E-state index contributed by atoms with van der Waals surface area (Å²) >= 11 is 6.72. The van der Waals surface area contributed by atoms with Gasteiger partial charge in [0.1, 0.15) is 0 Å². The summed E-state index contributed by atoms with van der Waals surface area (Å²) in [5.41, 5.74) is -1.30. The van der Waals surface area contributed by atoms with Crippen LogP contribution in [0.4, 0.5) is 18.0 Å². The molecule has 0 bridgehead atoms. The molecule has 0 aromatic heterocycles. The van der Waals surface area contributed by atoms with Gasteiger partial charge in [-0.1, -0.05) is 19.9 Å². The number of halogens is 5. The van der Waals surface area contributed by atoms with Crippen molar-refractivity contribution in [1.82, 2.24) is 0 Å². The molecule has 1 aliphatic rings. The molecule has 7 heteroatoms. The van der Waals surface area contributed by atoms with Gasteiger partial charge >= 0.3 is 11.6 Å². The van der Waals surface area contributed by atoms with Gasteiger partial charge in [0.2, 0.25) is 0 Å². The Morgan fingerprint density at radius 1 is 1.56 bits per heavy atom. The third kappa shape index (κ3) is 6.37. The molecule has 1 N–H and O–H groups in total. The second-order valence-electron chi connectivity index (χ2n) is 4.06. The molecule has 1 saturated carbocycles. The Morgan fingerprint density at radius 3 is 2.06 bits per heavy atom. The molecule has 0 aromatic rings. The maximum atomic E-state index is 12.0. The summed E-state index contributed by atoms with van der Waals surface area (Å²) in [6, 6.07) is 0. The van der Waals surface area contributed by atoms with Crippen molar-refractivity contribution < 1.29 is 23.1 Å². The second kappa shape index (κ2) is 5.40. The number of allylic oxidation sites excluding steroid dienone is 2. The summed E-state index contributed by atoms with van der Waals surface area (Å²) in [7, 11) is 0. The number of hydrogen-bond donors (Lipinski definition) is 1. The van der Waals surface area contributed by atoms with E-state index in [1.807, 2.05) is 13.8 Å². The highest BCUT2D eigenvalue weighted by Crippen LogP contribution is 2.54. The topological polar surface area (TPSA) is 37.3 Å². The van der Waals surface area contributed by atoms with Gasteiger partial charge in [-0.25, -0.2) is 4.79 Å². The average molecular weight is 324 g/mol. The van der Waals surface area contributed by atoms with Crippen LogP contribution in [0, 0.1) is 11.3 Å². The van der Waals surface area contributed by atoms with Crippen molar-refractivity contribution in [2.24, 2.45) is 11.3 Å². The fourth-order valence-electron chi connectivity index (χ4n) is 1.06. The minimum absolute atomic E-state index is 0.0598. The van der Waals surface area contributed by atoms with Gasteiger partial charge in [0, 0.05) is 11.6 Å². The van der Waals surface area contributed by atoms with E-state index in [4.69, 9.17) is 9.90 Å². The van der Waals surface area contributed by atoms with E-state index in [0.717, 1.165) is 6.42 Å². The molecule has 0 amide bonds. The van der Waals surface area contributed by atoms with Gasteiger partial charge in [-0.15, -0.1) is 0 Å². The predicted octanol–water partition coefficient (Wildman–Crippen LogP) is 4.78. The molecule has 1 rings (SSSR count). The normalized spacial score (nSPS) is 23.2. The minimum atomic E-state index is -4.22. The summed E-state index contributed by atoms with van der Waals surface area (Å²) in [5, 5.41) is 7.18. The Balaban J connectivity index is 0.000000487. The number of hydrogen-bond acceptors (Lipinski definition) is 1. The largest absolute Gasteiger partial charge is 0.469 e.